The number of aromatic nitrogens is 2. The van der Waals surface area contributed by atoms with Crippen molar-refractivity contribution < 1.29 is 14.0 Å². The number of aryl methyl sites for hydroxylation is 1. The van der Waals surface area contributed by atoms with Gasteiger partial charge in [0, 0.05) is 13.0 Å². The Balaban J connectivity index is 2.03. The molecule has 0 saturated carbocycles. The van der Waals surface area contributed by atoms with Crippen LogP contribution in [0.2, 0.25) is 0 Å². The van der Waals surface area contributed by atoms with Crippen LogP contribution >= 0.6 is 0 Å². The number of hydrogen-bond donors (Lipinski definition) is 1. The van der Waals surface area contributed by atoms with Crippen molar-refractivity contribution in [3.8, 4) is 11.5 Å². The third kappa shape index (κ3) is 3.27. The standard InChI is InChI=1S/C14H19N3O3/c1-9(15-8-14-16-10(2)20-17-14)11-5-6-12(18-3)13(7-11)19-4/h5-7,9,15H,8H2,1-4H3. The number of hydrogen-bond acceptors (Lipinski definition) is 6. The summed E-state index contributed by atoms with van der Waals surface area (Å²) in [4.78, 5) is 4.15. The number of benzene rings is 1. The molecule has 0 aliphatic carbocycles. The van der Waals surface area contributed by atoms with E-state index < -0.39 is 0 Å². The third-order valence-electron chi connectivity index (χ3n) is 3.04. The van der Waals surface area contributed by atoms with Gasteiger partial charge < -0.3 is 19.3 Å². The molecule has 1 unspecified atom stereocenters. The molecule has 0 saturated heterocycles. The summed E-state index contributed by atoms with van der Waals surface area (Å²) >= 11 is 0. The summed E-state index contributed by atoms with van der Waals surface area (Å²) < 4.78 is 15.5. The van der Waals surface area contributed by atoms with Gasteiger partial charge in [0.05, 0.1) is 20.8 Å². The topological polar surface area (TPSA) is 69.4 Å². The second kappa shape index (κ2) is 6.38. The van der Waals surface area contributed by atoms with Gasteiger partial charge in [-0.25, -0.2) is 0 Å². The summed E-state index contributed by atoms with van der Waals surface area (Å²) in [5.41, 5.74) is 1.10. The molecule has 0 spiro atoms. The summed E-state index contributed by atoms with van der Waals surface area (Å²) in [5.74, 6) is 2.65. The van der Waals surface area contributed by atoms with Crippen LogP contribution in [-0.2, 0) is 6.54 Å². The number of nitrogens with zero attached hydrogens (tertiary/aromatic N) is 2. The summed E-state index contributed by atoms with van der Waals surface area (Å²) in [6.45, 7) is 4.38. The summed E-state index contributed by atoms with van der Waals surface area (Å²) in [7, 11) is 3.25. The fourth-order valence-corrected chi connectivity index (χ4v) is 1.90. The maximum Gasteiger partial charge on any atom is 0.223 e. The van der Waals surface area contributed by atoms with Crippen molar-refractivity contribution >= 4 is 0 Å². The molecule has 1 atom stereocenters. The maximum absolute atomic E-state index is 5.30. The van der Waals surface area contributed by atoms with Crippen LogP contribution in [0.25, 0.3) is 0 Å². The molecule has 0 fully saturated rings. The van der Waals surface area contributed by atoms with Crippen LogP contribution in [0.1, 0.15) is 30.2 Å². The predicted octanol–water partition coefficient (Wildman–Crippen LogP) is 2.25. The van der Waals surface area contributed by atoms with E-state index in [1.54, 1.807) is 21.1 Å². The van der Waals surface area contributed by atoms with Crippen molar-refractivity contribution in [2.45, 2.75) is 26.4 Å². The number of nitrogens with one attached hydrogen (secondary N) is 1. The molecule has 6 nitrogen and oxygen atoms in total. The van der Waals surface area contributed by atoms with Crippen molar-refractivity contribution in [2.24, 2.45) is 0 Å². The SMILES string of the molecule is COc1ccc(C(C)NCc2noc(C)n2)cc1OC. The van der Waals surface area contributed by atoms with Crippen molar-refractivity contribution in [3.63, 3.8) is 0 Å². The minimum Gasteiger partial charge on any atom is -0.493 e. The van der Waals surface area contributed by atoms with E-state index in [0.29, 0.717) is 24.0 Å². The Labute approximate surface area is 118 Å². The molecule has 6 heteroatoms. The van der Waals surface area contributed by atoms with Crippen LogP contribution in [0.3, 0.4) is 0 Å². The lowest BCUT2D eigenvalue weighted by Crippen LogP contribution is -2.19. The number of rotatable bonds is 6. The molecule has 0 aliphatic rings. The Morgan fingerprint density at radius 2 is 2.00 bits per heavy atom. The molecule has 1 aromatic heterocycles. The molecule has 0 aliphatic heterocycles. The first-order valence-corrected chi connectivity index (χ1v) is 6.38. The van der Waals surface area contributed by atoms with Crippen LogP contribution in [0.15, 0.2) is 22.7 Å². The Morgan fingerprint density at radius 3 is 2.60 bits per heavy atom. The van der Waals surface area contributed by atoms with E-state index in [9.17, 15) is 0 Å². The van der Waals surface area contributed by atoms with Gasteiger partial charge in [-0.1, -0.05) is 11.2 Å². The van der Waals surface area contributed by atoms with Gasteiger partial charge in [0.25, 0.3) is 0 Å². The second-order valence-electron chi connectivity index (χ2n) is 4.45. The lowest BCUT2D eigenvalue weighted by atomic mass is 10.1. The average molecular weight is 277 g/mol. The Kier molecular flexibility index (Phi) is 4.57. The quantitative estimate of drug-likeness (QED) is 0.873. The molecule has 20 heavy (non-hydrogen) atoms. The number of ether oxygens (including phenoxy) is 2. The first kappa shape index (κ1) is 14.3. The first-order valence-electron chi connectivity index (χ1n) is 6.38. The van der Waals surface area contributed by atoms with Crippen LogP contribution in [0.4, 0.5) is 0 Å². The molecule has 2 rings (SSSR count). The van der Waals surface area contributed by atoms with Gasteiger partial charge in [0.2, 0.25) is 5.89 Å². The van der Waals surface area contributed by atoms with E-state index in [1.165, 1.54) is 0 Å². The van der Waals surface area contributed by atoms with Crippen molar-refractivity contribution in [2.75, 3.05) is 14.2 Å². The molecular formula is C14H19N3O3. The Morgan fingerprint density at radius 1 is 1.25 bits per heavy atom. The zero-order valence-corrected chi connectivity index (χ0v) is 12.1. The zero-order chi connectivity index (χ0) is 14.5. The molecule has 1 N–H and O–H groups in total. The largest absolute Gasteiger partial charge is 0.493 e. The first-order chi connectivity index (χ1) is 9.63. The molecule has 0 bridgehead atoms. The lowest BCUT2D eigenvalue weighted by molar-refractivity contribution is 0.354. The van der Waals surface area contributed by atoms with Gasteiger partial charge in [-0.15, -0.1) is 0 Å². The minimum absolute atomic E-state index is 0.133. The van der Waals surface area contributed by atoms with Gasteiger partial charge >= 0.3 is 0 Å². The van der Waals surface area contributed by atoms with Crippen LogP contribution in [0.5, 0.6) is 11.5 Å². The highest BCUT2D eigenvalue weighted by atomic mass is 16.5. The maximum atomic E-state index is 5.30. The fraction of sp³-hybridized carbons (Fsp3) is 0.429. The molecule has 1 aromatic carbocycles. The molecular weight excluding hydrogens is 258 g/mol. The summed E-state index contributed by atoms with van der Waals surface area (Å²) in [5, 5.41) is 7.19. The fourth-order valence-electron chi connectivity index (χ4n) is 1.90. The van der Waals surface area contributed by atoms with Crippen LogP contribution < -0.4 is 14.8 Å². The predicted molar refractivity (Wildman–Crippen MR) is 73.8 cm³/mol. The van der Waals surface area contributed by atoms with Gasteiger partial charge in [0.1, 0.15) is 0 Å². The summed E-state index contributed by atoms with van der Waals surface area (Å²) in [6.07, 6.45) is 0. The van der Waals surface area contributed by atoms with Gasteiger partial charge in [-0.2, -0.15) is 4.98 Å². The molecule has 1 heterocycles. The van der Waals surface area contributed by atoms with E-state index in [0.717, 1.165) is 11.3 Å². The van der Waals surface area contributed by atoms with Crippen molar-refractivity contribution in [1.29, 1.82) is 0 Å². The highest BCUT2D eigenvalue weighted by Gasteiger charge is 2.11. The molecule has 0 amide bonds. The van der Waals surface area contributed by atoms with E-state index >= 15 is 0 Å². The molecule has 108 valence electrons. The zero-order valence-electron chi connectivity index (χ0n) is 12.1. The normalized spacial score (nSPS) is 12.2. The number of methoxy groups -OCH3 is 2. The van der Waals surface area contributed by atoms with Gasteiger partial charge in [-0.3, -0.25) is 0 Å². The monoisotopic (exact) mass is 277 g/mol. The van der Waals surface area contributed by atoms with E-state index in [-0.39, 0.29) is 6.04 Å². The van der Waals surface area contributed by atoms with E-state index in [4.69, 9.17) is 14.0 Å². The van der Waals surface area contributed by atoms with E-state index in [2.05, 4.69) is 22.4 Å². The van der Waals surface area contributed by atoms with Gasteiger partial charge in [0.15, 0.2) is 17.3 Å². The average Bonchev–Trinajstić information content (AvgIpc) is 2.89. The minimum atomic E-state index is 0.133. The third-order valence-corrected chi connectivity index (χ3v) is 3.04. The van der Waals surface area contributed by atoms with Crippen LogP contribution in [-0.4, -0.2) is 24.4 Å². The summed E-state index contributed by atoms with van der Waals surface area (Å²) in [6, 6.07) is 5.98. The lowest BCUT2D eigenvalue weighted by Gasteiger charge is -2.15. The Hall–Kier alpha value is -2.08. The Bertz CT molecular complexity index is 569. The van der Waals surface area contributed by atoms with Crippen molar-refractivity contribution in [1.82, 2.24) is 15.5 Å². The highest BCUT2D eigenvalue weighted by molar-refractivity contribution is 5.43. The molecule has 0 radical (unpaired) electrons. The highest BCUT2D eigenvalue weighted by Crippen LogP contribution is 2.29. The smallest absolute Gasteiger partial charge is 0.223 e. The van der Waals surface area contributed by atoms with Crippen molar-refractivity contribution in [3.05, 3.63) is 35.5 Å². The van der Waals surface area contributed by atoms with Crippen LogP contribution in [0, 0.1) is 6.92 Å². The molecule has 2 aromatic rings. The van der Waals surface area contributed by atoms with Gasteiger partial charge in [-0.05, 0) is 24.6 Å². The van der Waals surface area contributed by atoms with E-state index in [1.807, 2.05) is 18.2 Å². The second-order valence-corrected chi connectivity index (χ2v) is 4.45.